The number of halogens is 3. The van der Waals surface area contributed by atoms with Crippen LogP contribution in [0.25, 0.3) is 0 Å². The zero-order valence-corrected chi connectivity index (χ0v) is 21.2. The van der Waals surface area contributed by atoms with Crippen LogP contribution in [0.5, 0.6) is 0 Å². The van der Waals surface area contributed by atoms with Crippen molar-refractivity contribution in [3.05, 3.63) is 23.8 Å². The molecule has 0 N–H and O–H groups in total. The van der Waals surface area contributed by atoms with E-state index >= 15 is 4.39 Å². The van der Waals surface area contributed by atoms with Crippen LogP contribution in [0.3, 0.4) is 0 Å². The van der Waals surface area contributed by atoms with E-state index in [0.29, 0.717) is 18.4 Å². The lowest BCUT2D eigenvalue weighted by Crippen LogP contribution is -2.69. The molecule has 3 fully saturated rings. The Balaban J connectivity index is 1.89. The van der Waals surface area contributed by atoms with Gasteiger partial charge >= 0.3 is 5.97 Å². The minimum absolute atomic E-state index is 0.117. The maximum atomic E-state index is 15.6. The van der Waals surface area contributed by atoms with E-state index in [2.05, 4.69) is 0 Å². The fraction of sp³-hybridized carbons (Fsp3) is 0.708. The molecule has 3 saturated carbocycles. The molecule has 0 bridgehead atoms. The molecule has 8 heteroatoms. The van der Waals surface area contributed by atoms with E-state index in [-0.39, 0.29) is 35.1 Å². The van der Waals surface area contributed by atoms with Gasteiger partial charge < -0.3 is 4.74 Å². The molecule has 0 aliphatic heterocycles. The Kier molecular flexibility index (Phi) is 5.75. The first-order valence-corrected chi connectivity index (χ1v) is 13.0. The van der Waals surface area contributed by atoms with Gasteiger partial charge in [-0.3, -0.25) is 14.4 Å². The summed E-state index contributed by atoms with van der Waals surface area (Å²) in [7, 11) is 0. The first kappa shape index (κ1) is 24.3. The summed E-state index contributed by atoms with van der Waals surface area (Å²) in [5, 5.41) is -0.845. The molecule has 0 spiro atoms. The maximum Gasteiger partial charge on any atom is 0.303 e. The lowest BCUT2D eigenvalue weighted by atomic mass is 9.46. The van der Waals surface area contributed by atoms with Gasteiger partial charge in [-0.25, -0.2) is 4.39 Å². The number of carbonyl (C=O) groups is 3. The summed E-state index contributed by atoms with van der Waals surface area (Å²) in [6, 6.07) is 0. The molecule has 0 heterocycles. The minimum atomic E-state index is -1.35. The predicted octanol–water partition coefficient (Wildman–Crippen LogP) is 5.26. The average molecular weight is 503 g/mol. The van der Waals surface area contributed by atoms with Gasteiger partial charge in [0.1, 0.15) is 6.17 Å². The normalized spacial score (nSPS) is 49.6. The molecule has 4 aliphatic carbocycles. The topological polar surface area (TPSA) is 60.4 Å². The van der Waals surface area contributed by atoms with Gasteiger partial charge in [0.05, 0.1) is 10.3 Å². The minimum Gasteiger partial charge on any atom is -0.449 e. The third-order valence-corrected chi connectivity index (χ3v) is 11.1. The zero-order chi connectivity index (χ0) is 23.9. The van der Waals surface area contributed by atoms with Crippen molar-refractivity contribution in [2.45, 2.75) is 69.0 Å². The van der Waals surface area contributed by atoms with E-state index in [0.717, 1.165) is 11.8 Å². The summed E-state index contributed by atoms with van der Waals surface area (Å²) in [5.41, 5.74) is -2.70. The molecule has 0 aromatic carbocycles. The summed E-state index contributed by atoms with van der Waals surface area (Å²) in [5.74, 6) is -1.58. The molecule has 32 heavy (non-hydrogen) atoms. The molecule has 0 unspecified atom stereocenters. The highest BCUT2D eigenvalue weighted by molar-refractivity contribution is 8.13. The SMILES string of the molecule is CSC(=O)[C@@]1(OC(C)=O)[C@@H](C)C[C@H]2[C@@H]3C[C@H](F)C4=CC(=O)C=C[C@]4(C)[C@@]3(Cl)[C@@H](Cl)C[C@@]21C. The Morgan fingerprint density at radius 2 is 1.91 bits per heavy atom. The number of thioether (sulfide) groups is 1. The standard InChI is InChI=1S/C24H29Cl2FO4S/c1-12-8-15-16-10-18(27)17-9-14(29)6-7-21(17,3)23(16,26)19(25)11-22(15,4)24(12,20(30)32-5)31-13(2)28/h6-7,9,12,15-16,18-19H,8,10-11H2,1-5H3/t12-,15-,16-,18-,19-,21-,22-,23-,24-/m0/s1. The fourth-order valence-electron chi connectivity index (χ4n) is 7.53. The number of hydrogen-bond acceptors (Lipinski definition) is 5. The highest BCUT2D eigenvalue weighted by Gasteiger charge is 2.77. The first-order valence-electron chi connectivity index (χ1n) is 11.0. The summed E-state index contributed by atoms with van der Waals surface area (Å²) in [6.07, 6.45) is 5.88. The number of rotatable bonds is 2. The summed E-state index contributed by atoms with van der Waals surface area (Å²) in [4.78, 5) is 36.5. The molecular weight excluding hydrogens is 474 g/mol. The van der Waals surface area contributed by atoms with Gasteiger partial charge in [-0.1, -0.05) is 38.6 Å². The molecule has 0 aromatic rings. The van der Waals surface area contributed by atoms with Gasteiger partial charge in [0.15, 0.2) is 11.4 Å². The molecule has 0 radical (unpaired) electrons. The Labute approximate surface area is 202 Å². The Bertz CT molecular complexity index is 952. The smallest absolute Gasteiger partial charge is 0.303 e. The molecule has 4 nitrogen and oxygen atoms in total. The van der Waals surface area contributed by atoms with Crippen LogP contribution >= 0.6 is 35.0 Å². The number of hydrogen-bond donors (Lipinski definition) is 0. The number of ether oxygens (including phenoxy) is 1. The van der Waals surface area contributed by atoms with Gasteiger partial charge in [-0.05, 0) is 55.1 Å². The fourth-order valence-corrected chi connectivity index (χ4v) is 9.51. The van der Waals surface area contributed by atoms with Crippen molar-refractivity contribution in [3.63, 3.8) is 0 Å². The van der Waals surface area contributed by atoms with Crippen molar-refractivity contribution in [2.24, 2.45) is 28.6 Å². The molecule has 9 atom stereocenters. The molecule has 0 aromatic heterocycles. The van der Waals surface area contributed by atoms with E-state index < -0.39 is 38.8 Å². The van der Waals surface area contributed by atoms with E-state index in [9.17, 15) is 14.4 Å². The van der Waals surface area contributed by atoms with E-state index in [1.807, 2.05) is 20.8 Å². The van der Waals surface area contributed by atoms with Crippen LogP contribution in [0.15, 0.2) is 23.8 Å². The third-order valence-electron chi connectivity index (χ3n) is 8.92. The number of fused-ring (bicyclic) bond motifs is 5. The zero-order valence-electron chi connectivity index (χ0n) is 18.9. The van der Waals surface area contributed by atoms with Crippen LogP contribution in [0.1, 0.15) is 47.0 Å². The number of ketones is 1. The second-order valence-electron chi connectivity index (χ2n) is 10.3. The van der Waals surface area contributed by atoms with Gasteiger partial charge in [0.2, 0.25) is 5.12 Å². The van der Waals surface area contributed by atoms with Crippen molar-refractivity contribution >= 4 is 51.8 Å². The van der Waals surface area contributed by atoms with Gasteiger partial charge in [0, 0.05) is 23.7 Å². The molecule has 0 saturated heterocycles. The highest BCUT2D eigenvalue weighted by Crippen LogP contribution is 2.73. The monoisotopic (exact) mass is 502 g/mol. The van der Waals surface area contributed by atoms with Crippen LogP contribution in [0.4, 0.5) is 4.39 Å². The van der Waals surface area contributed by atoms with Crippen LogP contribution < -0.4 is 0 Å². The molecular formula is C24H29Cl2FO4S. The van der Waals surface area contributed by atoms with E-state index in [4.69, 9.17) is 27.9 Å². The quantitative estimate of drug-likeness (QED) is 0.380. The van der Waals surface area contributed by atoms with Crippen LogP contribution in [0.2, 0.25) is 0 Å². The number of alkyl halides is 3. The maximum absolute atomic E-state index is 15.6. The van der Waals surface area contributed by atoms with Gasteiger partial charge in [0.25, 0.3) is 0 Å². The van der Waals surface area contributed by atoms with Crippen molar-refractivity contribution in [1.82, 2.24) is 0 Å². The Morgan fingerprint density at radius 3 is 2.50 bits per heavy atom. The number of carbonyl (C=O) groups excluding carboxylic acids is 3. The lowest BCUT2D eigenvalue weighted by molar-refractivity contribution is -0.187. The van der Waals surface area contributed by atoms with Gasteiger partial charge in [-0.15, -0.1) is 23.2 Å². The molecule has 4 aliphatic rings. The average Bonchev–Trinajstić information content (AvgIpc) is 2.92. The van der Waals surface area contributed by atoms with Crippen LogP contribution in [0, 0.1) is 28.6 Å². The summed E-state index contributed by atoms with van der Waals surface area (Å²) >= 11 is 15.6. The number of allylic oxidation sites excluding steroid dienone is 4. The van der Waals surface area contributed by atoms with Crippen molar-refractivity contribution < 1.29 is 23.5 Å². The second-order valence-corrected chi connectivity index (χ2v) is 12.2. The van der Waals surface area contributed by atoms with E-state index in [1.165, 1.54) is 19.1 Å². The highest BCUT2D eigenvalue weighted by atomic mass is 35.5. The lowest BCUT2D eigenvalue weighted by Gasteiger charge is -2.64. The van der Waals surface area contributed by atoms with Crippen molar-refractivity contribution in [1.29, 1.82) is 0 Å². The summed E-state index contributed by atoms with van der Waals surface area (Å²) in [6.45, 7) is 7.04. The second kappa shape index (κ2) is 7.58. The van der Waals surface area contributed by atoms with Crippen molar-refractivity contribution in [2.75, 3.05) is 6.26 Å². The largest absolute Gasteiger partial charge is 0.449 e. The van der Waals surface area contributed by atoms with E-state index in [1.54, 1.807) is 12.3 Å². The number of esters is 1. The third kappa shape index (κ3) is 2.78. The summed E-state index contributed by atoms with van der Waals surface area (Å²) < 4.78 is 21.5. The van der Waals surface area contributed by atoms with Crippen molar-refractivity contribution in [3.8, 4) is 0 Å². The van der Waals surface area contributed by atoms with Crippen LogP contribution in [-0.4, -0.2) is 45.1 Å². The van der Waals surface area contributed by atoms with Crippen LogP contribution in [-0.2, 0) is 19.1 Å². The Morgan fingerprint density at radius 1 is 1.25 bits per heavy atom. The molecule has 0 amide bonds. The van der Waals surface area contributed by atoms with Gasteiger partial charge in [-0.2, -0.15) is 0 Å². The first-order chi connectivity index (χ1) is 14.8. The molecule has 4 rings (SSSR count). The predicted molar refractivity (Wildman–Crippen MR) is 125 cm³/mol. The Hall–Kier alpha value is -0.850. The molecule has 176 valence electrons.